The average molecular weight is 586 g/mol. The van der Waals surface area contributed by atoms with Gasteiger partial charge < -0.3 is 19.8 Å². The number of hydrogen-bond donors (Lipinski definition) is 1. The second kappa shape index (κ2) is 10.1. The van der Waals surface area contributed by atoms with E-state index in [4.69, 9.17) is 10.1 Å². The first-order valence-electron chi connectivity index (χ1n) is 14.4. The van der Waals surface area contributed by atoms with Gasteiger partial charge in [0.05, 0.1) is 23.0 Å². The van der Waals surface area contributed by atoms with Gasteiger partial charge >= 0.3 is 0 Å². The van der Waals surface area contributed by atoms with E-state index in [-0.39, 0.29) is 29.2 Å². The summed E-state index contributed by atoms with van der Waals surface area (Å²) in [5.41, 5.74) is 5.31. The van der Waals surface area contributed by atoms with Crippen molar-refractivity contribution in [1.29, 1.82) is 5.26 Å². The highest BCUT2D eigenvalue weighted by atomic mass is 32.1. The van der Waals surface area contributed by atoms with E-state index < -0.39 is 0 Å². The number of fused-ring (bicyclic) bond motifs is 1. The van der Waals surface area contributed by atoms with Gasteiger partial charge in [0.25, 0.3) is 0 Å². The van der Waals surface area contributed by atoms with Crippen LogP contribution in [0.2, 0.25) is 0 Å². The van der Waals surface area contributed by atoms with E-state index in [1.165, 1.54) is 23.5 Å². The number of rotatable bonds is 6. The Bertz CT molecular complexity index is 1710. The molecule has 5 heterocycles. The molecule has 216 valence electrons. The number of piperidine rings is 1. The van der Waals surface area contributed by atoms with Crippen molar-refractivity contribution in [2.24, 2.45) is 11.3 Å². The van der Waals surface area contributed by atoms with Crippen LogP contribution in [-0.2, 0) is 11.2 Å². The van der Waals surface area contributed by atoms with E-state index in [2.05, 4.69) is 30.0 Å². The maximum Gasteiger partial charge on any atom is 0.226 e. The Balaban J connectivity index is 1.14. The molecule has 4 aromatic rings. The van der Waals surface area contributed by atoms with E-state index >= 15 is 0 Å². The first kappa shape index (κ1) is 26.9. The minimum atomic E-state index is -0.359. The van der Waals surface area contributed by atoms with E-state index in [9.17, 15) is 19.6 Å². The fraction of sp³-hybridized carbons (Fsp3) is 0.419. The predicted octanol–water partition coefficient (Wildman–Crippen LogP) is 4.61. The maximum absolute atomic E-state index is 13.5. The Kier molecular flexibility index (Phi) is 6.44. The number of carbonyl (C=O) groups is 1. The normalized spacial score (nSPS) is 19.6. The van der Waals surface area contributed by atoms with Crippen LogP contribution in [0.1, 0.15) is 36.8 Å². The highest BCUT2D eigenvalue weighted by Gasteiger charge is 2.60. The number of pyridine rings is 1. The number of carbonyl (C=O) groups excluding carboxylic acids is 1. The van der Waals surface area contributed by atoms with Crippen molar-refractivity contribution in [2.75, 3.05) is 43.0 Å². The molecule has 1 unspecified atom stereocenters. The third-order valence-electron chi connectivity index (χ3n) is 9.24. The molecule has 3 aliphatic rings. The number of aliphatic hydroxyl groups is 1. The monoisotopic (exact) mass is 585 g/mol. The minimum Gasteiger partial charge on any atom is -0.389 e. The van der Waals surface area contributed by atoms with Crippen LogP contribution in [0.25, 0.3) is 16.8 Å². The number of nitriles is 1. The molecule has 1 atom stereocenters. The number of aryl methyl sites for hydroxylation is 1. The van der Waals surface area contributed by atoms with Crippen LogP contribution < -0.4 is 9.80 Å². The van der Waals surface area contributed by atoms with Gasteiger partial charge in [0.15, 0.2) is 5.13 Å². The molecule has 2 saturated heterocycles. The largest absolute Gasteiger partial charge is 0.389 e. The summed E-state index contributed by atoms with van der Waals surface area (Å²) in [7, 11) is 1.95. The number of thiazole rings is 1. The van der Waals surface area contributed by atoms with Gasteiger partial charge in [-0.2, -0.15) is 10.4 Å². The molecule has 1 amide bonds. The number of nitrogens with zero attached hydrogens (tertiary/aromatic N) is 7. The number of halogens is 1. The van der Waals surface area contributed by atoms with Crippen LogP contribution in [0.15, 0.2) is 42.6 Å². The Morgan fingerprint density at radius 1 is 1.24 bits per heavy atom. The number of likely N-dealkylation sites (tertiary alicyclic amines) is 1. The summed E-state index contributed by atoms with van der Waals surface area (Å²) in [5.74, 6) is -0.00643. The molecule has 1 aliphatic carbocycles. The molecule has 42 heavy (non-hydrogen) atoms. The summed E-state index contributed by atoms with van der Waals surface area (Å²) in [5, 5.41) is 24.9. The fourth-order valence-electron chi connectivity index (χ4n) is 6.61. The summed E-state index contributed by atoms with van der Waals surface area (Å²) in [6.07, 6.45) is 5.30. The number of benzene rings is 1. The van der Waals surface area contributed by atoms with Gasteiger partial charge in [-0.3, -0.25) is 4.79 Å². The number of anilines is 3. The molecule has 0 bridgehead atoms. The number of hydrogen-bond acceptors (Lipinski definition) is 8. The molecular weight excluding hydrogens is 553 g/mol. The van der Waals surface area contributed by atoms with Gasteiger partial charge in [-0.05, 0) is 67.5 Å². The lowest BCUT2D eigenvalue weighted by Gasteiger charge is -2.38. The topological polar surface area (TPSA) is 101 Å². The molecule has 1 saturated carbocycles. The molecular formula is C31H32FN7O2S. The summed E-state index contributed by atoms with van der Waals surface area (Å²) in [6, 6.07) is 12.6. The molecule has 11 heteroatoms. The lowest BCUT2D eigenvalue weighted by atomic mass is 9.90. The van der Waals surface area contributed by atoms with Gasteiger partial charge in [-0.15, -0.1) is 0 Å². The van der Waals surface area contributed by atoms with Crippen molar-refractivity contribution in [1.82, 2.24) is 19.5 Å². The molecule has 3 aromatic heterocycles. The highest BCUT2D eigenvalue weighted by molar-refractivity contribution is 7.16. The second-order valence-electron chi connectivity index (χ2n) is 11.7. The lowest BCUT2D eigenvalue weighted by Crippen LogP contribution is -2.54. The van der Waals surface area contributed by atoms with E-state index in [1.807, 2.05) is 22.7 Å². The van der Waals surface area contributed by atoms with Crippen LogP contribution in [0.3, 0.4) is 0 Å². The first-order valence-corrected chi connectivity index (χ1v) is 15.3. The van der Waals surface area contributed by atoms with Crippen molar-refractivity contribution in [3.8, 4) is 17.3 Å². The Labute approximate surface area is 247 Å². The minimum absolute atomic E-state index is 0.105. The van der Waals surface area contributed by atoms with E-state index in [0.717, 1.165) is 61.4 Å². The van der Waals surface area contributed by atoms with Gasteiger partial charge in [0.2, 0.25) is 5.91 Å². The van der Waals surface area contributed by atoms with E-state index in [0.29, 0.717) is 34.4 Å². The van der Waals surface area contributed by atoms with Gasteiger partial charge in [-0.25, -0.2) is 13.9 Å². The second-order valence-corrected chi connectivity index (χ2v) is 12.7. The molecule has 1 spiro atoms. The zero-order chi connectivity index (χ0) is 29.2. The van der Waals surface area contributed by atoms with E-state index in [1.54, 1.807) is 17.0 Å². The van der Waals surface area contributed by atoms with Gasteiger partial charge in [-0.1, -0.05) is 18.3 Å². The van der Waals surface area contributed by atoms with Crippen molar-refractivity contribution in [3.63, 3.8) is 0 Å². The molecule has 9 nitrogen and oxygen atoms in total. The Hall–Kier alpha value is -4.01. The quantitative estimate of drug-likeness (QED) is 0.353. The Morgan fingerprint density at radius 2 is 1.98 bits per heavy atom. The molecule has 1 N–H and O–H groups in total. The van der Waals surface area contributed by atoms with Crippen LogP contribution >= 0.6 is 11.3 Å². The highest BCUT2D eigenvalue weighted by Crippen LogP contribution is 2.60. The summed E-state index contributed by atoms with van der Waals surface area (Å²) in [4.78, 5) is 24.3. The van der Waals surface area contributed by atoms with Gasteiger partial charge in [0.1, 0.15) is 22.5 Å². The summed E-state index contributed by atoms with van der Waals surface area (Å²) >= 11 is 1.31. The third kappa shape index (κ3) is 4.41. The number of β-amino-alcohol motifs (C(OH)–C–C–N with tert-alkyl or cyclic N) is 1. The van der Waals surface area contributed by atoms with Crippen LogP contribution in [0.5, 0.6) is 0 Å². The standard InChI is InChI=1S/C31H32FN7O2S/c1-3-24-28(36(2)30-34-27(26(16-33)42-30)19-4-6-20(32)7-5-19)25-14-21(8-11-39(25)35-24)37-12-9-31(10-13-37)15-23(31)29(41)38-17-22(40)18-38/h4-8,11,14,22-23,40H,3,9-10,12-13,15,17-18H2,1-2H3. The molecule has 1 aromatic carbocycles. The van der Waals surface area contributed by atoms with Crippen molar-refractivity contribution in [2.45, 2.75) is 38.7 Å². The smallest absolute Gasteiger partial charge is 0.226 e. The zero-order valence-electron chi connectivity index (χ0n) is 23.6. The van der Waals surface area contributed by atoms with Crippen molar-refractivity contribution < 1.29 is 14.3 Å². The Morgan fingerprint density at radius 3 is 2.64 bits per heavy atom. The molecule has 7 rings (SSSR count). The molecule has 2 aliphatic heterocycles. The molecule has 3 fully saturated rings. The van der Waals surface area contributed by atoms with Gasteiger partial charge in [0, 0.05) is 56.6 Å². The van der Waals surface area contributed by atoms with Crippen LogP contribution in [0.4, 0.5) is 20.9 Å². The van der Waals surface area contributed by atoms with Crippen molar-refractivity contribution in [3.05, 3.63) is 59.0 Å². The van der Waals surface area contributed by atoms with Crippen LogP contribution in [0, 0.1) is 28.5 Å². The van der Waals surface area contributed by atoms with Crippen molar-refractivity contribution >= 4 is 39.3 Å². The zero-order valence-corrected chi connectivity index (χ0v) is 24.4. The number of aliphatic hydroxyl groups excluding tert-OH is 1. The predicted molar refractivity (Wildman–Crippen MR) is 159 cm³/mol. The maximum atomic E-state index is 13.5. The van der Waals surface area contributed by atoms with Crippen LogP contribution in [-0.4, -0.2) is 69.8 Å². The summed E-state index contributed by atoms with van der Waals surface area (Å²) < 4.78 is 15.4. The first-order chi connectivity index (χ1) is 20.3. The number of aromatic nitrogens is 3. The fourth-order valence-corrected chi connectivity index (χ4v) is 7.47. The average Bonchev–Trinajstić information content (AvgIpc) is 3.33. The number of amides is 1. The summed E-state index contributed by atoms with van der Waals surface area (Å²) in [6.45, 7) is 4.81. The molecule has 0 radical (unpaired) electrons. The third-order valence-corrected chi connectivity index (χ3v) is 10.3. The SMILES string of the molecule is CCc1nn2ccc(N3CCC4(CC3)CC4C(=O)N3CC(O)C3)cc2c1N(C)c1nc(-c2ccc(F)cc2)c(C#N)s1. The lowest BCUT2D eigenvalue weighted by molar-refractivity contribution is -0.143.